The van der Waals surface area contributed by atoms with Crippen LogP contribution in [0.1, 0.15) is 15.9 Å². The first-order valence-corrected chi connectivity index (χ1v) is 7.36. The van der Waals surface area contributed by atoms with Gasteiger partial charge in [0.15, 0.2) is 10.8 Å². The van der Waals surface area contributed by atoms with Gasteiger partial charge >= 0.3 is 0 Å². The van der Waals surface area contributed by atoms with Crippen molar-refractivity contribution in [3.63, 3.8) is 0 Å². The fraction of sp³-hybridized carbons (Fsp3) is 0. The first kappa shape index (κ1) is 12.7. The quantitative estimate of drug-likeness (QED) is 0.674. The lowest BCUT2D eigenvalue weighted by molar-refractivity contribution is 0.107. The molecular weight excluding hydrogens is 296 g/mol. The molecule has 1 aromatic heterocycles. The van der Waals surface area contributed by atoms with Crippen LogP contribution in [-0.2, 0) is 0 Å². The Balaban J connectivity index is 1.93. The van der Waals surface area contributed by atoms with Crippen molar-refractivity contribution in [1.29, 1.82) is 0 Å². The molecule has 0 radical (unpaired) electrons. The fourth-order valence-corrected chi connectivity index (χ4v) is 3.55. The number of aliphatic imine (C=N–C) groups is 1. The summed E-state index contributed by atoms with van der Waals surface area (Å²) in [4.78, 5) is 20.3. The SMILES string of the molecule is [C-]#[N+]c1ccc2c(c1)C(=O)C(c1c(O)sc3ccccc13)=N2. The van der Waals surface area contributed by atoms with E-state index in [1.54, 1.807) is 18.2 Å². The monoisotopic (exact) mass is 304 g/mol. The third-order valence-electron chi connectivity index (χ3n) is 3.61. The van der Waals surface area contributed by atoms with E-state index in [1.807, 2.05) is 24.3 Å². The average molecular weight is 304 g/mol. The van der Waals surface area contributed by atoms with Crippen molar-refractivity contribution in [1.82, 2.24) is 0 Å². The minimum Gasteiger partial charge on any atom is -0.499 e. The van der Waals surface area contributed by atoms with Crippen molar-refractivity contribution < 1.29 is 9.90 Å². The van der Waals surface area contributed by atoms with Crippen LogP contribution in [0.4, 0.5) is 11.4 Å². The molecular formula is C17H8N2O2S. The number of thiophene rings is 1. The Morgan fingerprint density at radius 3 is 2.82 bits per heavy atom. The predicted octanol–water partition coefficient (Wildman–Crippen LogP) is 4.47. The van der Waals surface area contributed by atoms with Crippen LogP contribution in [0.5, 0.6) is 5.06 Å². The Hall–Kier alpha value is -2.97. The van der Waals surface area contributed by atoms with Crippen molar-refractivity contribution >= 4 is 44.3 Å². The second-order valence-electron chi connectivity index (χ2n) is 4.88. The summed E-state index contributed by atoms with van der Waals surface area (Å²) in [6.45, 7) is 7.04. The van der Waals surface area contributed by atoms with Gasteiger partial charge in [0.2, 0.25) is 5.78 Å². The van der Waals surface area contributed by atoms with Crippen LogP contribution >= 0.6 is 11.3 Å². The summed E-state index contributed by atoms with van der Waals surface area (Å²) >= 11 is 1.23. The molecule has 1 aliphatic rings. The summed E-state index contributed by atoms with van der Waals surface area (Å²) in [6, 6.07) is 12.4. The number of hydrogen-bond acceptors (Lipinski definition) is 4. The lowest BCUT2D eigenvalue weighted by Gasteiger charge is -1.99. The summed E-state index contributed by atoms with van der Waals surface area (Å²) in [7, 11) is 0. The molecule has 22 heavy (non-hydrogen) atoms. The predicted molar refractivity (Wildman–Crippen MR) is 86.7 cm³/mol. The number of aromatic hydroxyl groups is 1. The Labute approximate surface area is 129 Å². The standard InChI is InChI=1S/C17H8N2O2S/c1-18-9-6-7-12-11(8-9)16(20)15(19-12)14-10-4-2-3-5-13(10)22-17(14)21/h2-8,21H. The summed E-state index contributed by atoms with van der Waals surface area (Å²) < 4.78 is 0.906. The molecule has 5 heteroatoms. The molecule has 0 saturated carbocycles. The Bertz CT molecular complexity index is 1020. The summed E-state index contributed by atoms with van der Waals surface area (Å²) in [6.07, 6.45) is 0. The van der Waals surface area contributed by atoms with E-state index in [0.717, 1.165) is 10.1 Å². The van der Waals surface area contributed by atoms with Crippen LogP contribution in [-0.4, -0.2) is 16.6 Å². The molecule has 0 fully saturated rings. The van der Waals surface area contributed by atoms with Crippen molar-refractivity contribution in [3.8, 4) is 5.06 Å². The van der Waals surface area contributed by atoms with Gasteiger partial charge in [-0.3, -0.25) is 4.79 Å². The van der Waals surface area contributed by atoms with E-state index >= 15 is 0 Å². The minimum absolute atomic E-state index is 0.0894. The highest BCUT2D eigenvalue weighted by molar-refractivity contribution is 7.21. The zero-order chi connectivity index (χ0) is 15.3. The topological polar surface area (TPSA) is 54.0 Å². The first-order chi connectivity index (χ1) is 10.7. The molecule has 0 unspecified atom stereocenters. The van der Waals surface area contributed by atoms with Crippen LogP contribution < -0.4 is 0 Å². The van der Waals surface area contributed by atoms with E-state index in [-0.39, 0.29) is 16.6 Å². The van der Waals surface area contributed by atoms with E-state index < -0.39 is 0 Å². The number of nitrogens with zero attached hydrogens (tertiary/aromatic N) is 2. The van der Waals surface area contributed by atoms with Crippen LogP contribution in [0.3, 0.4) is 0 Å². The molecule has 0 aliphatic carbocycles. The van der Waals surface area contributed by atoms with Crippen LogP contribution in [0.15, 0.2) is 47.5 Å². The number of carbonyl (C=O) groups is 1. The lowest BCUT2D eigenvalue weighted by atomic mass is 10.0. The number of fused-ring (bicyclic) bond motifs is 2. The molecule has 0 saturated heterocycles. The van der Waals surface area contributed by atoms with E-state index in [9.17, 15) is 9.90 Å². The summed E-state index contributed by atoms with van der Waals surface area (Å²) in [5.74, 6) is -0.251. The molecule has 1 N–H and O–H groups in total. The maximum absolute atomic E-state index is 12.6. The second kappa shape index (κ2) is 4.52. The number of ketones is 1. The van der Waals surface area contributed by atoms with E-state index in [4.69, 9.17) is 6.57 Å². The highest BCUT2D eigenvalue weighted by atomic mass is 32.1. The van der Waals surface area contributed by atoms with Gasteiger partial charge in [-0.2, -0.15) is 0 Å². The zero-order valence-electron chi connectivity index (χ0n) is 11.2. The maximum atomic E-state index is 12.6. The van der Waals surface area contributed by atoms with Gasteiger partial charge in [-0.1, -0.05) is 35.6 Å². The van der Waals surface area contributed by atoms with Crippen molar-refractivity contribution in [2.75, 3.05) is 0 Å². The van der Waals surface area contributed by atoms with E-state index in [2.05, 4.69) is 9.84 Å². The van der Waals surface area contributed by atoms with Gasteiger partial charge < -0.3 is 5.11 Å². The molecule has 3 aromatic rings. The average Bonchev–Trinajstić information content (AvgIpc) is 3.03. The van der Waals surface area contributed by atoms with Crippen molar-refractivity contribution in [2.45, 2.75) is 0 Å². The van der Waals surface area contributed by atoms with Gasteiger partial charge in [-0.15, -0.1) is 0 Å². The van der Waals surface area contributed by atoms with Gasteiger partial charge in [0.1, 0.15) is 5.71 Å². The number of hydrogen-bond donors (Lipinski definition) is 1. The number of carbonyl (C=O) groups excluding carboxylic acids is 1. The van der Waals surface area contributed by atoms with Gasteiger partial charge in [0, 0.05) is 15.6 Å². The Morgan fingerprint density at radius 2 is 2.00 bits per heavy atom. The molecule has 2 heterocycles. The minimum atomic E-state index is -0.251. The molecule has 0 bridgehead atoms. The van der Waals surface area contributed by atoms with E-state index in [1.165, 1.54) is 11.3 Å². The second-order valence-corrected chi connectivity index (χ2v) is 5.91. The van der Waals surface area contributed by atoms with Gasteiger partial charge in [-0.05, 0) is 18.2 Å². The first-order valence-electron chi connectivity index (χ1n) is 6.55. The van der Waals surface area contributed by atoms with Crippen molar-refractivity contribution in [3.05, 3.63) is 65.0 Å². The Kier molecular flexibility index (Phi) is 2.62. The van der Waals surface area contributed by atoms with Gasteiger partial charge in [-0.25, -0.2) is 9.84 Å². The molecule has 0 spiro atoms. The van der Waals surface area contributed by atoms with Gasteiger partial charge in [0.05, 0.1) is 17.8 Å². The molecule has 1 aliphatic heterocycles. The highest BCUT2D eigenvalue weighted by Gasteiger charge is 2.30. The smallest absolute Gasteiger partial charge is 0.213 e. The third-order valence-corrected chi connectivity index (χ3v) is 4.59. The maximum Gasteiger partial charge on any atom is 0.213 e. The van der Waals surface area contributed by atoms with E-state index in [0.29, 0.717) is 22.5 Å². The van der Waals surface area contributed by atoms with Crippen LogP contribution in [0, 0.1) is 6.57 Å². The normalized spacial score (nSPS) is 13.0. The fourth-order valence-electron chi connectivity index (χ4n) is 2.60. The summed E-state index contributed by atoms with van der Waals surface area (Å²) in [5.41, 5.74) is 2.08. The van der Waals surface area contributed by atoms with Gasteiger partial charge in [0.25, 0.3) is 0 Å². The Morgan fingerprint density at radius 1 is 1.18 bits per heavy atom. The lowest BCUT2D eigenvalue weighted by Crippen LogP contribution is -2.10. The molecule has 4 rings (SSSR count). The van der Waals surface area contributed by atoms with Crippen LogP contribution in [0.25, 0.3) is 14.9 Å². The van der Waals surface area contributed by atoms with Crippen LogP contribution in [0.2, 0.25) is 0 Å². The molecule has 2 aromatic carbocycles. The number of Topliss-reactive ketones (excluding diaryl/α,β-unsaturated/α-hetero) is 1. The third kappa shape index (κ3) is 1.68. The molecule has 0 atom stereocenters. The zero-order valence-corrected chi connectivity index (χ0v) is 12.0. The molecule has 104 valence electrons. The summed E-state index contributed by atoms with van der Waals surface area (Å²) in [5, 5.41) is 11.1. The molecule has 4 nitrogen and oxygen atoms in total. The molecule has 0 amide bonds. The van der Waals surface area contributed by atoms with Crippen molar-refractivity contribution in [2.24, 2.45) is 4.99 Å². The highest BCUT2D eigenvalue weighted by Crippen LogP contribution is 2.41. The number of benzene rings is 2. The largest absolute Gasteiger partial charge is 0.499 e. The number of rotatable bonds is 1.